The summed E-state index contributed by atoms with van der Waals surface area (Å²) in [6, 6.07) is 0. The summed E-state index contributed by atoms with van der Waals surface area (Å²) in [6.07, 6.45) is 15.2. The van der Waals surface area contributed by atoms with Gasteiger partial charge in [-0.05, 0) is 104 Å². The lowest BCUT2D eigenvalue weighted by atomic mass is 9.47. The first kappa shape index (κ1) is 23.6. The van der Waals surface area contributed by atoms with Crippen molar-refractivity contribution in [2.45, 2.75) is 112 Å². The monoisotopic (exact) mass is 426 g/mol. The van der Waals surface area contributed by atoms with Crippen LogP contribution in [0.1, 0.15) is 106 Å². The zero-order valence-electron chi connectivity index (χ0n) is 21.4. The van der Waals surface area contributed by atoms with Crippen molar-refractivity contribution in [1.29, 1.82) is 0 Å². The van der Waals surface area contributed by atoms with Crippen molar-refractivity contribution in [2.75, 3.05) is 0 Å². The van der Waals surface area contributed by atoms with Crippen LogP contribution in [-0.2, 0) is 0 Å². The van der Waals surface area contributed by atoms with Crippen molar-refractivity contribution in [3.8, 4) is 0 Å². The summed E-state index contributed by atoms with van der Waals surface area (Å²) in [6.45, 7) is 19.4. The lowest BCUT2D eigenvalue weighted by Gasteiger charge is -2.58. The molecule has 0 radical (unpaired) electrons. The second-order valence-electron chi connectivity index (χ2n) is 13.2. The van der Waals surface area contributed by atoms with Gasteiger partial charge in [0.05, 0.1) is 6.10 Å². The van der Waals surface area contributed by atoms with Gasteiger partial charge in [0.2, 0.25) is 0 Å². The molecule has 0 aromatic carbocycles. The average Bonchev–Trinajstić information content (AvgIpc) is 3.01. The van der Waals surface area contributed by atoms with Crippen LogP contribution in [0.4, 0.5) is 0 Å². The summed E-state index contributed by atoms with van der Waals surface area (Å²) in [5, 5.41) is 10.3. The molecule has 9 atom stereocenters. The van der Waals surface area contributed by atoms with E-state index < -0.39 is 0 Å². The van der Waals surface area contributed by atoms with E-state index in [0.29, 0.717) is 16.7 Å². The van der Waals surface area contributed by atoms with Crippen molar-refractivity contribution in [2.24, 2.45) is 52.3 Å². The molecule has 1 N–H and O–H groups in total. The van der Waals surface area contributed by atoms with E-state index in [9.17, 15) is 5.11 Å². The first-order valence-electron chi connectivity index (χ1n) is 13.6. The maximum Gasteiger partial charge on any atom is 0.0577 e. The minimum Gasteiger partial charge on any atom is -0.393 e. The van der Waals surface area contributed by atoms with E-state index >= 15 is 0 Å². The van der Waals surface area contributed by atoms with Crippen LogP contribution in [0.3, 0.4) is 0 Å². The lowest BCUT2D eigenvalue weighted by molar-refractivity contribution is -0.0584. The zero-order valence-corrected chi connectivity index (χ0v) is 21.4. The maximum atomic E-state index is 10.3. The molecule has 31 heavy (non-hydrogen) atoms. The predicted molar refractivity (Wildman–Crippen MR) is 133 cm³/mol. The fourth-order valence-corrected chi connectivity index (χ4v) is 9.31. The maximum absolute atomic E-state index is 10.3. The third-order valence-electron chi connectivity index (χ3n) is 10.9. The summed E-state index contributed by atoms with van der Waals surface area (Å²) in [4.78, 5) is 0. The van der Waals surface area contributed by atoms with Gasteiger partial charge in [0.25, 0.3) is 0 Å². The Morgan fingerprint density at radius 1 is 1.13 bits per heavy atom. The summed E-state index contributed by atoms with van der Waals surface area (Å²) in [5.74, 6) is 5.69. The molecule has 1 unspecified atom stereocenters. The van der Waals surface area contributed by atoms with E-state index in [1.165, 1.54) is 56.9 Å². The molecule has 0 aromatic heterocycles. The highest BCUT2D eigenvalue weighted by atomic mass is 16.3. The first-order valence-corrected chi connectivity index (χ1v) is 13.6. The average molecular weight is 427 g/mol. The SMILES string of the molecule is C=C(C)C1C[C@H]2[C@@H]3CC=C4C[C@@H](O)CC[C@]4(C)[C@H]3CC[C@]2(C)[C@H]1[C@H](C)CCCC(C)C. The number of rotatable bonds is 6. The molecule has 1 nitrogen and oxygen atoms in total. The summed E-state index contributed by atoms with van der Waals surface area (Å²) >= 11 is 0. The Kier molecular flexibility index (Phi) is 6.59. The molecule has 0 aliphatic heterocycles. The molecule has 1 heteroatoms. The Labute approximate surface area is 193 Å². The van der Waals surface area contributed by atoms with Gasteiger partial charge >= 0.3 is 0 Å². The predicted octanol–water partition coefficient (Wildman–Crippen LogP) is 8.19. The van der Waals surface area contributed by atoms with Gasteiger partial charge in [0.15, 0.2) is 0 Å². The molecule has 0 spiro atoms. The number of fused-ring (bicyclic) bond motifs is 5. The summed E-state index contributed by atoms with van der Waals surface area (Å²) < 4.78 is 0. The number of allylic oxidation sites excluding steroid dienone is 2. The van der Waals surface area contributed by atoms with E-state index in [1.807, 2.05) is 0 Å². The van der Waals surface area contributed by atoms with E-state index in [-0.39, 0.29) is 6.10 Å². The normalized spacial score (nSPS) is 45.5. The fourth-order valence-electron chi connectivity index (χ4n) is 9.31. The quantitative estimate of drug-likeness (QED) is 0.424. The van der Waals surface area contributed by atoms with Gasteiger partial charge in [-0.3, -0.25) is 0 Å². The summed E-state index contributed by atoms with van der Waals surface area (Å²) in [5.41, 5.74) is 3.89. The van der Waals surface area contributed by atoms with Gasteiger partial charge in [-0.15, -0.1) is 0 Å². The van der Waals surface area contributed by atoms with Crippen LogP contribution in [0.5, 0.6) is 0 Å². The molecule has 3 saturated carbocycles. The van der Waals surface area contributed by atoms with E-state index in [1.54, 1.807) is 5.57 Å². The lowest BCUT2D eigenvalue weighted by Crippen LogP contribution is -2.51. The van der Waals surface area contributed by atoms with Gasteiger partial charge < -0.3 is 5.11 Å². The second kappa shape index (κ2) is 8.66. The molecular weight excluding hydrogens is 376 g/mol. The Morgan fingerprint density at radius 2 is 1.87 bits per heavy atom. The van der Waals surface area contributed by atoms with Crippen LogP contribution in [0.15, 0.2) is 23.8 Å². The first-order chi connectivity index (χ1) is 14.6. The molecule has 0 bridgehead atoms. The molecule has 4 rings (SSSR count). The largest absolute Gasteiger partial charge is 0.393 e. The van der Waals surface area contributed by atoms with Crippen LogP contribution in [0.25, 0.3) is 0 Å². The van der Waals surface area contributed by atoms with Crippen molar-refractivity contribution in [3.05, 3.63) is 23.8 Å². The smallest absolute Gasteiger partial charge is 0.0577 e. The third-order valence-corrected chi connectivity index (χ3v) is 10.9. The number of aliphatic hydroxyl groups is 1. The van der Waals surface area contributed by atoms with Gasteiger partial charge in [-0.25, -0.2) is 0 Å². The molecular formula is C30H50O. The highest BCUT2D eigenvalue weighted by Gasteiger charge is 2.61. The van der Waals surface area contributed by atoms with Crippen LogP contribution in [0.2, 0.25) is 0 Å². The van der Waals surface area contributed by atoms with Gasteiger partial charge in [-0.2, -0.15) is 0 Å². The molecule has 4 aliphatic carbocycles. The fraction of sp³-hybridized carbons (Fsp3) is 0.867. The van der Waals surface area contributed by atoms with Crippen molar-refractivity contribution >= 4 is 0 Å². The van der Waals surface area contributed by atoms with Crippen molar-refractivity contribution in [1.82, 2.24) is 0 Å². The minimum atomic E-state index is -0.0972. The number of hydrogen-bond acceptors (Lipinski definition) is 1. The van der Waals surface area contributed by atoms with Crippen molar-refractivity contribution in [3.63, 3.8) is 0 Å². The Balaban J connectivity index is 1.59. The Morgan fingerprint density at radius 3 is 2.55 bits per heavy atom. The molecule has 3 fully saturated rings. The summed E-state index contributed by atoms with van der Waals surface area (Å²) in [7, 11) is 0. The zero-order chi connectivity index (χ0) is 22.6. The molecule has 0 aromatic rings. The molecule has 4 aliphatic rings. The number of aliphatic hydroxyl groups excluding tert-OH is 1. The topological polar surface area (TPSA) is 20.2 Å². The Bertz CT molecular complexity index is 703. The molecule has 0 amide bonds. The molecule has 176 valence electrons. The van der Waals surface area contributed by atoms with E-state index in [0.717, 1.165) is 48.3 Å². The standard InChI is InChI=1S/C30H50O/c1-19(2)9-8-10-21(5)28-25(20(3)4)18-27-24-12-11-22-17-23(31)13-15-29(22,6)26(24)14-16-30(27,28)7/h11,19,21,23-28,31H,3,8-10,12-18H2,1-2,4-7H3/t21-,23+,24-,25?,26+,27+,28+,29+,30+/m1/s1. The number of hydrogen-bond donors (Lipinski definition) is 1. The van der Waals surface area contributed by atoms with Crippen LogP contribution < -0.4 is 0 Å². The second-order valence-corrected chi connectivity index (χ2v) is 13.2. The third kappa shape index (κ3) is 4.00. The highest BCUT2D eigenvalue weighted by molar-refractivity contribution is 5.26. The van der Waals surface area contributed by atoms with Gasteiger partial charge in [0, 0.05) is 0 Å². The van der Waals surface area contributed by atoms with Gasteiger partial charge in [0.1, 0.15) is 0 Å². The van der Waals surface area contributed by atoms with Crippen LogP contribution >= 0.6 is 0 Å². The minimum absolute atomic E-state index is 0.0972. The molecule has 0 saturated heterocycles. The van der Waals surface area contributed by atoms with Crippen molar-refractivity contribution < 1.29 is 5.11 Å². The van der Waals surface area contributed by atoms with Crippen LogP contribution in [-0.4, -0.2) is 11.2 Å². The highest BCUT2D eigenvalue weighted by Crippen LogP contribution is 2.69. The molecule has 0 heterocycles. The Hall–Kier alpha value is -0.560. The van der Waals surface area contributed by atoms with E-state index in [4.69, 9.17) is 0 Å². The van der Waals surface area contributed by atoms with Gasteiger partial charge in [-0.1, -0.05) is 77.7 Å². The van der Waals surface area contributed by atoms with Crippen LogP contribution in [0, 0.1) is 52.3 Å². The van der Waals surface area contributed by atoms with E-state index in [2.05, 4.69) is 54.2 Å².